The Morgan fingerprint density at radius 1 is 1.50 bits per heavy atom. The van der Waals surface area contributed by atoms with Crippen LogP contribution in [0.2, 0.25) is 0 Å². The zero-order valence-electron chi connectivity index (χ0n) is 7.49. The molecule has 0 aliphatic rings. The molecule has 0 aromatic heterocycles. The lowest BCUT2D eigenvalue weighted by Gasteiger charge is -2.16. The maximum Gasteiger partial charge on any atom is 0.360 e. The van der Waals surface area contributed by atoms with E-state index in [9.17, 15) is 4.79 Å². The van der Waals surface area contributed by atoms with Gasteiger partial charge in [-0.3, -0.25) is 0 Å². The molecule has 0 aromatic carbocycles. The molecule has 0 amide bonds. The first-order valence-corrected chi connectivity index (χ1v) is 4.18. The molecule has 0 aliphatic heterocycles. The third-order valence-corrected chi connectivity index (χ3v) is 1.60. The highest BCUT2D eigenvalue weighted by atomic mass is 16.6. The molecular formula is C8H16O4. The number of carboxylic acids is 1. The van der Waals surface area contributed by atoms with Crippen LogP contribution in [0.15, 0.2) is 0 Å². The Bertz CT molecular complexity index is 135. The molecule has 0 radical (unpaired) electrons. The van der Waals surface area contributed by atoms with Gasteiger partial charge >= 0.3 is 5.97 Å². The molecule has 0 heterocycles. The molecule has 2 atom stereocenters. The zero-order chi connectivity index (χ0) is 9.56. The summed E-state index contributed by atoms with van der Waals surface area (Å²) in [6.45, 7) is 3.88. The SMILES string of the molecule is CCCC(CC)OC(O)C(=O)O. The maximum absolute atomic E-state index is 10.2. The Morgan fingerprint density at radius 3 is 2.42 bits per heavy atom. The van der Waals surface area contributed by atoms with Crippen LogP contribution in [0.1, 0.15) is 33.1 Å². The smallest absolute Gasteiger partial charge is 0.360 e. The first kappa shape index (κ1) is 11.4. The minimum Gasteiger partial charge on any atom is -0.477 e. The summed E-state index contributed by atoms with van der Waals surface area (Å²) < 4.78 is 4.86. The normalized spacial score (nSPS) is 15.6. The summed E-state index contributed by atoms with van der Waals surface area (Å²) in [6, 6.07) is 0. The van der Waals surface area contributed by atoms with Crippen LogP contribution in [-0.2, 0) is 9.53 Å². The van der Waals surface area contributed by atoms with E-state index < -0.39 is 12.3 Å². The molecular weight excluding hydrogens is 160 g/mol. The molecule has 0 rings (SSSR count). The van der Waals surface area contributed by atoms with Gasteiger partial charge in [-0.1, -0.05) is 20.3 Å². The monoisotopic (exact) mass is 176 g/mol. The number of aliphatic hydroxyl groups is 1. The number of hydrogen-bond donors (Lipinski definition) is 2. The lowest BCUT2D eigenvalue weighted by Crippen LogP contribution is -2.28. The van der Waals surface area contributed by atoms with E-state index in [1.807, 2.05) is 13.8 Å². The first-order valence-electron chi connectivity index (χ1n) is 4.18. The Hall–Kier alpha value is -0.610. The van der Waals surface area contributed by atoms with Crippen molar-refractivity contribution in [2.75, 3.05) is 0 Å². The van der Waals surface area contributed by atoms with E-state index in [1.165, 1.54) is 0 Å². The molecule has 4 heteroatoms. The van der Waals surface area contributed by atoms with E-state index in [0.717, 1.165) is 19.3 Å². The fourth-order valence-corrected chi connectivity index (χ4v) is 0.931. The number of carboxylic acid groups (broad SMARTS) is 1. The minimum absolute atomic E-state index is 0.152. The summed E-state index contributed by atoms with van der Waals surface area (Å²) in [5.74, 6) is -1.33. The summed E-state index contributed by atoms with van der Waals surface area (Å²) in [5, 5.41) is 17.2. The molecule has 72 valence electrons. The van der Waals surface area contributed by atoms with Crippen molar-refractivity contribution in [2.45, 2.75) is 45.5 Å². The van der Waals surface area contributed by atoms with E-state index in [4.69, 9.17) is 14.9 Å². The van der Waals surface area contributed by atoms with Crippen LogP contribution in [-0.4, -0.2) is 28.6 Å². The number of aliphatic carboxylic acids is 1. The Kier molecular flexibility index (Phi) is 5.66. The number of rotatable bonds is 6. The van der Waals surface area contributed by atoms with Crippen molar-refractivity contribution < 1.29 is 19.7 Å². The zero-order valence-corrected chi connectivity index (χ0v) is 7.49. The van der Waals surface area contributed by atoms with Crippen LogP contribution in [0, 0.1) is 0 Å². The Balaban J connectivity index is 3.76. The van der Waals surface area contributed by atoms with E-state index in [0.29, 0.717) is 0 Å². The molecule has 4 nitrogen and oxygen atoms in total. The average Bonchev–Trinajstić information content (AvgIpc) is 2.03. The van der Waals surface area contributed by atoms with E-state index >= 15 is 0 Å². The standard InChI is InChI=1S/C8H16O4/c1-3-5-6(4-2)12-8(11)7(9)10/h6,8,11H,3-5H2,1-2H3,(H,9,10). The van der Waals surface area contributed by atoms with Gasteiger partial charge in [0, 0.05) is 0 Å². The van der Waals surface area contributed by atoms with Gasteiger partial charge in [0.25, 0.3) is 6.29 Å². The van der Waals surface area contributed by atoms with Crippen LogP contribution < -0.4 is 0 Å². The van der Waals surface area contributed by atoms with Crippen molar-refractivity contribution in [2.24, 2.45) is 0 Å². The van der Waals surface area contributed by atoms with Gasteiger partial charge < -0.3 is 14.9 Å². The summed E-state index contributed by atoms with van der Waals surface area (Å²) in [7, 11) is 0. The third kappa shape index (κ3) is 4.31. The predicted molar refractivity (Wildman–Crippen MR) is 43.7 cm³/mol. The van der Waals surface area contributed by atoms with Gasteiger partial charge in [-0.2, -0.15) is 0 Å². The second-order valence-corrected chi connectivity index (χ2v) is 2.65. The first-order chi connectivity index (χ1) is 5.61. The van der Waals surface area contributed by atoms with Crippen molar-refractivity contribution in [1.82, 2.24) is 0 Å². The van der Waals surface area contributed by atoms with Crippen molar-refractivity contribution in [1.29, 1.82) is 0 Å². The van der Waals surface area contributed by atoms with Gasteiger partial charge in [-0.05, 0) is 12.8 Å². The highest BCUT2D eigenvalue weighted by Crippen LogP contribution is 2.08. The predicted octanol–water partition coefficient (Wildman–Crippen LogP) is 0.985. The molecule has 2 N–H and O–H groups in total. The molecule has 0 fully saturated rings. The Morgan fingerprint density at radius 2 is 2.08 bits per heavy atom. The van der Waals surface area contributed by atoms with Gasteiger partial charge in [0.2, 0.25) is 0 Å². The highest BCUT2D eigenvalue weighted by molar-refractivity contribution is 5.70. The van der Waals surface area contributed by atoms with E-state index in [2.05, 4.69) is 0 Å². The molecule has 12 heavy (non-hydrogen) atoms. The second kappa shape index (κ2) is 5.97. The van der Waals surface area contributed by atoms with Gasteiger partial charge in [0.15, 0.2) is 0 Å². The van der Waals surface area contributed by atoms with Crippen molar-refractivity contribution in [3.63, 3.8) is 0 Å². The maximum atomic E-state index is 10.2. The second-order valence-electron chi connectivity index (χ2n) is 2.65. The molecule has 0 spiro atoms. The minimum atomic E-state index is -1.68. The topological polar surface area (TPSA) is 66.8 Å². The summed E-state index contributed by atoms with van der Waals surface area (Å²) in [4.78, 5) is 10.2. The van der Waals surface area contributed by atoms with Crippen molar-refractivity contribution in [3.05, 3.63) is 0 Å². The molecule has 0 saturated carbocycles. The van der Waals surface area contributed by atoms with Crippen molar-refractivity contribution in [3.8, 4) is 0 Å². The number of hydrogen-bond acceptors (Lipinski definition) is 3. The van der Waals surface area contributed by atoms with Crippen molar-refractivity contribution >= 4 is 5.97 Å². The number of ether oxygens (including phenoxy) is 1. The summed E-state index contributed by atoms with van der Waals surface area (Å²) >= 11 is 0. The van der Waals surface area contributed by atoms with Crippen LogP contribution in [0.5, 0.6) is 0 Å². The average molecular weight is 176 g/mol. The van der Waals surface area contributed by atoms with Gasteiger partial charge in [-0.15, -0.1) is 0 Å². The molecule has 2 unspecified atom stereocenters. The molecule has 0 bridgehead atoms. The lowest BCUT2D eigenvalue weighted by molar-refractivity contribution is -0.187. The third-order valence-electron chi connectivity index (χ3n) is 1.60. The fourth-order valence-electron chi connectivity index (χ4n) is 0.931. The van der Waals surface area contributed by atoms with E-state index in [-0.39, 0.29) is 6.10 Å². The van der Waals surface area contributed by atoms with E-state index in [1.54, 1.807) is 0 Å². The Labute approximate surface area is 72.2 Å². The molecule has 0 saturated heterocycles. The summed E-state index contributed by atoms with van der Waals surface area (Å²) in [5.41, 5.74) is 0. The largest absolute Gasteiger partial charge is 0.477 e. The van der Waals surface area contributed by atoms with Crippen LogP contribution >= 0.6 is 0 Å². The molecule has 0 aromatic rings. The summed E-state index contributed by atoms with van der Waals surface area (Å²) in [6.07, 6.45) is 0.590. The van der Waals surface area contributed by atoms with Crippen LogP contribution in [0.3, 0.4) is 0 Å². The molecule has 0 aliphatic carbocycles. The van der Waals surface area contributed by atoms with Gasteiger partial charge in [-0.25, -0.2) is 4.79 Å². The van der Waals surface area contributed by atoms with Crippen LogP contribution in [0.4, 0.5) is 0 Å². The lowest BCUT2D eigenvalue weighted by atomic mass is 10.2. The number of carbonyl (C=O) groups is 1. The number of aliphatic hydroxyl groups excluding tert-OH is 1. The fraction of sp³-hybridized carbons (Fsp3) is 0.875. The van der Waals surface area contributed by atoms with Gasteiger partial charge in [0.1, 0.15) is 0 Å². The van der Waals surface area contributed by atoms with Gasteiger partial charge in [0.05, 0.1) is 6.10 Å². The quantitative estimate of drug-likeness (QED) is 0.592. The highest BCUT2D eigenvalue weighted by Gasteiger charge is 2.17. The van der Waals surface area contributed by atoms with Crippen LogP contribution in [0.25, 0.3) is 0 Å².